The summed E-state index contributed by atoms with van der Waals surface area (Å²) in [5, 5.41) is 22.0. The molecule has 1 amide bonds. The number of carbonyl (C=O) groups excluding carboxylic acids is 1. The van der Waals surface area contributed by atoms with Gasteiger partial charge in [0.1, 0.15) is 21.5 Å². The summed E-state index contributed by atoms with van der Waals surface area (Å²) in [7, 11) is 0. The summed E-state index contributed by atoms with van der Waals surface area (Å²) in [6, 6.07) is 10.0. The van der Waals surface area contributed by atoms with Gasteiger partial charge in [0.25, 0.3) is 5.91 Å². The molecule has 3 N–H and O–H groups in total. The number of carboxylic acids is 1. The van der Waals surface area contributed by atoms with Crippen LogP contribution in [0, 0.1) is 12.7 Å². The van der Waals surface area contributed by atoms with Crippen LogP contribution in [0.4, 0.5) is 10.1 Å². The number of aromatic hydroxyl groups is 1. The molecule has 2 aromatic carbocycles. The number of hydrogen-bond acceptors (Lipinski definition) is 5. The zero-order valence-corrected chi connectivity index (χ0v) is 15.0. The van der Waals surface area contributed by atoms with E-state index < -0.39 is 11.9 Å². The first-order chi connectivity index (χ1) is 12.8. The summed E-state index contributed by atoms with van der Waals surface area (Å²) in [6.07, 6.45) is -0.225. The van der Waals surface area contributed by atoms with Gasteiger partial charge in [-0.05, 0) is 48.9 Å². The van der Waals surface area contributed by atoms with Crippen molar-refractivity contribution in [2.45, 2.75) is 13.3 Å². The second-order valence-electron chi connectivity index (χ2n) is 5.82. The first-order valence-corrected chi connectivity index (χ1v) is 8.73. The van der Waals surface area contributed by atoms with Gasteiger partial charge in [0, 0.05) is 5.56 Å². The molecule has 0 aliphatic rings. The average Bonchev–Trinajstić information content (AvgIpc) is 3.00. The normalized spacial score (nSPS) is 10.6. The van der Waals surface area contributed by atoms with Crippen molar-refractivity contribution in [1.82, 2.24) is 4.98 Å². The Morgan fingerprint density at radius 1 is 1.19 bits per heavy atom. The summed E-state index contributed by atoms with van der Waals surface area (Å²) in [4.78, 5) is 28.1. The van der Waals surface area contributed by atoms with Gasteiger partial charge in [0.15, 0.2) is 0 Å². The van der Waals surface area contributed by atoms with E-state index in [1.54, 1.807) is 19.1 Å². The number of benzene rings is 2. The van der Waals surface area contributed by atoms with Crippen molar-refractivity contribution < 1.29 is 24.2 Å². The van der Waals surface area contributed by atoms with E-state index >= 15 is 0 Å². The standard InChI is InChI=1S/C19H15FN2O4S/c1-10-17(27-19(21-10)12-3-5-13(20)6-4-12)18(26)22-14-8-11(9-16(24)25)2-7-15(14)23/h2-8,23H,9H2,1H3,(H,22,26)(H,24,25). The SMILES string of the molecule is Cc1nc(-c2ccc(F)cc2)sc1C(=O)Nc1cc(CC(=O)O)ccc1O. The molecule has 0 spiro atoms. The third-order valence-corrected chi connectivity index (χ3v) is 4.96. The molecule has 3 rings (SSSR count). The van der Waals surface area contributed by atoms with E-state index in [1.807, 2.05) is 0 Å². The van der Waals surface area contributed by atoms with Crippen LogP contribution >= 0.6 is 11.3 Å². The maximum Gasteiger partial charge on any atom is 0.307 e. The van der Waals surface area contributed by atoms with Gasteiger partial charge in [0.2, 0.25) is 0 Å². The van der Waals surface area contributed by atoms with Crippen LogP contribution in [0.15, 0.2) is 42.5 Å². The van der Waals surface area contributed by atoms with Crippen molar-refractivity contribution >= 4 is 28.9 Å². The molecule has 6 nitrogen and oxygen atoms in total. The Morgan fingerprint density at radius 3 is 2.56 bits per heavy atom. The largest absolute Gasteiger partial charge is 0.506 e. The molecular weight excluding hydrogens is 371 g/mol. The van der Waals surface area contributed by atoms with E-state index in [1.165, 1.54) is 30.3 Å². The number of phenolic OH excluding ortho intramolecular Hbond substituents is 1. The first kappa shape index (κ1) is 18.5. The minimum atomic E-state index is -1.01. The van der Waals surface area contributed by atoms with E-state index in [0.717, 1.165) is 11.3 Å². The molecular formula is C19H15FN2O4S. The number of nitrogens with zero attached hydrogens (tertiary/aromatic N) is 1. The number of rotatable bonds is 5. The molecule has 1 heterocycles. The lowest BCUT2D eigenvalue weighted by Gasteiger charge is -2.08. The smallest absolute Gasteiger partial charge is 0.307 e. The van der Waals surface area contributed by atoms with Crippen molar-refractivity contribution in [1.29, 1.82) is 0 Å². The van der Waals surface area contributed by atoms with E-state index in [4.69, 9.17) is 5.11 Å². The van der Waals surface area contributed by atoms with Crippen LogP contribution in [0.25, 0.3) is 10.6 Å². The molecule has 0 aliphatic heterocycles. The summed E-state index contributed by atoms with van der Waals surface area (Å²) in [5.41, 5.74) is 1.76. The molecule has 0 saturated carbocycles. The van der Waals surface area contributed by atoms with Gasteiger partial charge < -0.3 is 15.5 Å². The number of aromatic nitrogens is 1. The zero-order valence-electron chi connectivity index (χ0n) is 14.2. The fourth-order valence-corrected chi connectivity index (χ4v) is 3.44. The van der Waals surface area contributed by atoms with Crippen molar-refractivity contribution in [2.24, 2.45) is 0 Å². The molecule has 0 radical (unpaired) electrons. The van der Waals surface area contributed by atoms with Gasteiger partial charge >= 0.3 is 5.97 Å². The Morgan fingerprint density at radius 2 is 1.89 bits per heavy atom. The lowest BCUT2D eigenvalue weighted by molar-refractivity contribution is -0.136. The minimum absolute atomic E-state index is 0.120. The lowest BCUT2D eigenvalue weighted by atomic mass is 10.1. The molecule has 0 aliphatic carbocycles. The molecule has 0 saturated heterocycles. The third-order valence-electron chi connectivity index (χ3n) is 3.76. The monoisotopic (exact) mass is 386 g/mol. The fourth-order valence-electron chi connectivity index (χ4n) is 2.47. The van der Waals surface area contributed by atoms with E-state index in [0.29, 0.717) is 26.7 Å². The molecule has 0 bridgehead atoms. The molecule has 8 heteroatoms. The van der Waals surface area contributed by atoms with E-state index in [9.17, 15) is 19.1 Å². The second kappa shape index (κ2) is 7.55. The summed E-state index contributed by atoms with van der Waals surface area (Å²) < 4.78 is 13.1. The first-order valence-electron chi connectivity index (χ1n) is 7.92. The molecule has 0 unspecified atom stereocenters. The van der Waals surface area contributed by atoms with Crippen molar-refractivity contribution in [3.8, 4) is 16.3 Å². The third kappa shape index (κ3) is 4.29. The van der Waals surface area contributed by atoms with Gasteiger partial charge in [0.05, 0.1) is 17.8 Å². The number of nitrogens with one attached hydrogen (secondary N) is 1. The topological polar surface area (TPSA) is 99.5 Å². The van der Waals surface area contributed by atoms with E-state index in [-0.39, 0.29) is 23.7 Å². The quantitative estimate of drug-likeness (QED) is 0.579. The Balaban J connectivity index is 1.85. The zero-order chi connectivity index (χ0) is 19.6. The number of anilines is 1. The predicted octanol–water partition coefficient (Wildman–Crippen LogP) is 3.84. The minimum Gasteiger partial charge on any atom is -0.506 e. The summed E-state index contributed by atoms with van der Waals surface area (Å²) >= 11 is 1.15. The Hall–Kier alpha value is -3.26. The highest BCUT2D eigenvalue weighted by atomic mass is 32.1. The number of amides is 1. The molecule has 138 valence electrons. The maximum absolute atomic E-state index is 13.1. The van der Waals surface area contributed by atoms with Gasteiger partial charge in [-0.15, -0.1) is 11.3 Å². The summed E-state index contributed by atoms with van der Waals surface area (Å²) in [5.74, 6) is -2.01. The van der Waals surface area contributed by atoms with Crippen LogP contribution in [0.2, 0.25) is 0 Å². The number of carbonyl (C=O) groups is 2. The van der Waals surface area contributed by atoms with Crippen molar-refractivity contribution in [3.05, 3.63) is 64.4 Å². The van der Waals surface area contributed by atoms with Gasteiger partial charge in [-0.3, -0.25) is 9.59 Å². The molecule has 3 aromatic rings. The second-order valence-corrected chi connectivity index (χ2v) is 6.82. The lowest BCUT2D eigenvalue weighted by Crippen LogP contribution is -2.12. The number of aliphatic carboxylic acids is 1. The Kier molecular flexibility index (Phi) is 5.18. The fraction of sp³-hybridized carbons (Fsp3) is 0.105. The van der Waals surface area contributed by atoms with Crippen LogP contribution in [-0.4, -0.2) is 27.1 Å². The molecule has 27 heavy (non-hydrogen) atoms. The predicted molar refractivity (Wildman–Crippen MR) is 99.6 cm³/mol. The van der Waals surface area contributed by atoms with Crippen LogP contribution in [0.3, 0.4) is 0 Å². The van der Waals surface area contributed by atoms with Crippen LogP contribution < -0.4 is 5.32 Å². The maximum atomic E-state index is 13.1. The number of phenols is 1. The molecule has 0 fully saturated rings. The van der Waals surface area contributed by atoms with E-state index in [2.05, 4.69) is 10.3 Å². The van der Waals surface area contributed by atoms with Gasteiger partial charge in [-0.1, -0.05) is 6.07 Å². The van der Waals surface area contributed by atoms with Gasteiger partial charge in [-0.2, -0.15) is 0 Å². The van der Waals surface area contributed by atoms with Gasteiger partial charge in [-0.25, -0.2) is 9.37 Å². The number of hydrogen-bond donors (Lipinski definition) is 3. The van der Waals surface area contributed by atoms with Crippen LogP contribution in [0.1, 0.15) is 20.9 Å². The van der Waals surface area contributed by atoms with Crippen LogP contribution in [-0.2, 0) is 11.2 Å². The number of halogens is 1. The number of carboxylic acid groups (broad SMARTS) is 1. The summed E-state index contributed by atoms with van der Waals surface area (Å²) in [6.45, 7) is 1.68. The highest BCUT2D eigenvalue weighted by molar-refractivity contribution is 7.17. The number of thiazole rings is 1. The Labute approximate surface area is 157 Å². The van der Waals surface area contributed by atoms with Crippen LogP contribution in [0.5, 0.6) is 5.75 Å². The highest BCUT2D eigenvalue weighted by Crippen LogP contribution is 2.30. The average molecular weight is 386 g/mol. The molecule has 0 atom stereocenters. The van der Waals surface area contributed by atoms with Crippen molar-refractivity contribution in [3.63, 3.8) is 0 Å². The Bertz CT molecular complexity index is 1020. The van der Waals surface area contributed by atoms with Crippen molar-refractivity contribution in [2.75, 3.05) is 5.32 Å². The number of aryl methyl sites for hydroxylation is 1. The highest BCUT2D eigenvalue weighted by Gasteiger charge is 2.18. The molecule has 1 aromatic heterocycles.